The molecule has 1 aromatic heterocycles. The molecule has 4 heteroatoms. The highest BCUT2D eigenvalue weighted by molar-refractivity contribution is 5.60. The Morgan fingerprint density at radius 2 is 1.41 bits per heavy atom. The van der Waals surface area contributed by atoms with Crippen molar-refractivity contribution in [3.63, 3.8) is 0 Å². The molecule has 0 aliphatic carbocycles. The van der Waals surface area contributed by atoms with Crippen LogP contribution in [-0.2, 0) is 0 Å². The third-order valence-corrected chi connectivity index (χ3v) is 5.56. The molecule has 32 heavy (non-hydrogen) atoms. The molecule has 1 unspecified atom stereocenters. The minimum Gasteiger partial charge on any atom is -0.494 e. The van der Waals surface area contributed by atoms with Gasteiger partial charge in [0.15, 0.2) is 0 Å². The van der Waals surface area contributed by atoms with E-state index in [2.05, 4.69) is 11.9 Å². The highest BCUT2D eigenvalue weighted by Gasteiger charge is 2.10. The molecule has 0 N–H and O–H groups in total. The zero-order chi connectivity index (χ0) is 23.0. The first-order chi connectivity index (χ1) is 15.6. The Hall–Kier alpha value is -2.10. The molecule has 0 aliphatic rings. The average Bonchev–Trinajstić information content (AvgIpc) is 2.79. The normalized spacial score (nSPS) is 12.2. The first kappa shape index (κ1) is 26.2. The van der Waals surface area contributed by atoms with Gasteiger partial charge in [0.05, 0.1) is 18.5 Å². The summed E-state index contributed by atoms with van der Waals surface area (Å²) in [5.41, 5.74) is 1.89. The molecule has 3 nitrogen and oxygen atoms in total. The van der Waals surface area contributed by atoms with Gasteiger partial charge in [0.1, 0.15) is 24.3 Å². The lowest BCUT2D eigenvalue weighted by atomic mass is 10.1. The summed E-state index contributed by atoms with van der Waals surface area (Å²) in [6.07, 6.45) is 13.1. The Morgan fingerprint density at radius 3 is 2.00 bits per heavy atom. The minimum atomic E-state index is -0.947. The predicted molar refractivity (Wildman–Crippen MR) is 132 cm³/mol. The third kappa shape index (κ3) is 11.0. The van der Waals surface area contributed by atoms with Gasteiger partial charge in [-0.2, -0.15) is 0 Å². The number of pyridine rings is 1. The lowest BCUT2D eigenvalue weighted by Gasteiger charge is -2.12. The standard InChI is InChI=1S/C28H42FNO2/c1-4-5-6-7-8-9-10-11-12-19-31-26-15-13-24(14-16-26)28-18-17-27(21-30-28)32-22-25(29)20-23(2)3/h13-18,21,23,25H,4-12,19-20,22H2,1-3H3. The van der Waals surface area contributed by atoms with E-state index in [0.717, 1.165) is 30.0 Å². The number of nitrogens with zero attached hydrogens (tertiary/aromatic N) is 1. The quantitative estimate of drug-likeness (QED) is 0.230. The van der Waals surface area contributed by atoms with Gasteiger partial charge in [-0.15, -0.1) is 0 Å². The second kappa shape index (κ2) is 15.7. The molecule has 1 aromatic carbocycles. The molecule has 1 heterocycles. The van der Waals surface area contributed by atoms with Crippen molar-refractivity contribution in [3.05, 3.63) is 42.6 Å². The molecule has 0 bridgehead atoms. The van der Waals surface area contributed by atoms with Gasteiger partial charge in [-0.1, -0.05) is 72.1 Å². The fourth-order valence-corrected chi connectivity index (χ4v) is 3.73. The van der Waals surface area contributed by atoms with Crippen LogP contribution in [0.1, 0.15) is 85.0 Å². The van der Waals surface area contributed by atoms with Crippen molar-refractivity contribution in [1.29, 1.82) is 0 Å². The highest BCUT2D eigenvalue weighted by Crippen LogP contribution is 2.23. The first-order valence-electron chi connectivity index (χ1n) is 12.5. The van der Waals surface area contributed by atoms with Crippen LogP contribution in [0.2, 0.25) is 0 Å². The number of hydrogen-bond acceptors (Lipinski definition) is 3. The van der Waals surface area contributed by atoms with E-state index in [9.17, 15) is 4.39 Å². The number of alkyl halides is 1. The molecule has 0 saturated heterocycles. The Labute approximate surface area is 194 Å². The van der Waals surface area contributed by atoms with Crippen molar-refractivity contribution < 1.29 is 13.9 Å². The summed E-state index contributed by atoms with van der Waals surface area (Å²) in [6, 6.07) is 11.8. The van der Waals surface area contributed by atoms with Crippen LogP contribution in [0.15, 0.2) is 42.6 Å². The SMILES string of the molecule is CCCCCCCCCCCOc1ccc(-c2ccc(OCC(F)CC(C)C)cn2)cc1. The van der Waals surface area contributed by atoms with Crippen LogP contribution in [0.4, 0.5) is 4.39 Å². The van der Waals surface area contributed by atoms with E-state index in [0.29, 0.717) is 18.1 Å². The van der Waals surface area contributed by atoms with Crippen molar-refractivity contribution in [3.8, 4) is 22.8 Å². The van der Waals surface area contributed by atoms with Crippen LogP contribution in [0.25, 0.3) is 11.3 Å². The van der Waals surface area contributed by atoms with E-state index in [1.54, 1.807) is 6.20 Å². The average molecular weight is 444 g/mol. The molecule has 178 valence electrons. The fourth-order valence-electron chi connectivity index (χ4n) is 3.73. The predicted octanol–water partition coefficient (Wildman–Crippen LogP) is 8.42. The molecule has 0 saturated carbocycles. The maximum atomic E-state index is 13.8. The van der Waals surface area contributed by atoms with Gasteiger partial charge < -0.3 is 9.47 Å². The Kier molecular flexibility index (Phi) is 12.8. The molecular formula is C28H42FNO2. The van der Waals surface area contributed by atoms with Gasteiger partial charge in [0, 0.05) is 5.56 Å². The summed E-state index contributed by atoms with van der Waals surface area (Å²) in [7, 11) is 0. The molecule has 0 fully saturated rings. The molecule has 2 aromatic rings. The zero-order valence-corrected chi connectivity index (χ0v) is 20.3. The second-order valence-electron chi connectivity index (χ2n) is 9.12. The fraction of sp³-hybridized carbons (Fsp3) is 0.607. The summed E-state index contributed by atoms with van der Waals surface area (Å²) in [5.74, 6) is 1.82. The number of aromatic nitrogens is 1. The lowest BCUT2D eigenvalue weighted by Crippen LogP contribution is -2.15. The number of ether oxygens (including phenoxy) is 2. The summed E-state index contributed by atoms with van der Waals surface area (Å²) in [5, 5.41) is 0. The van der Waals surface area contributed by atoms with Gasteiger partial charge in [0.2, 0.25) is 0 Å². The van der Waals surface area contributed by atoms with Crippen LogP contribution < -0.4 is 9.47 Å². The maximum absolute atomic E-state index is 13.8. The Balaban J connectivity index is 1.64. The van der Waals surface area contributed by atoms with Crippen LogP contribution in [0.5, 0.6) is 11.5 Å². The summed E-state index contributed by atoms with van der Waals surface area (Å²) in [6.45, 7) is 7.13. The topological polar surface area (TPSA) is 31.4 Å². The number of unbranched alkanes of at least 4 members (excludes halogenated alkanes) is 8. The number of hydrogen-bond donors (Lipinski definition) is 0. The van der Waals surface area contributed by atoms with Gasteiger partial charge in [-0.25, -0.2) is 4.39 Å². The first-order valence-corrected chi connectivity index (χ1v) is 12.5. The number of halogens is 1. The largest absolute Gasteiger partial charge is 0.494 e. The van der Waals surface area contributed by atoms with Crippen molar-refractivity contribution in [2.24, 2.45) is 5.92 Å². The molecule has 0 amide bonds. The second-order valence-corrected chi connectivity index (χ2v) is 9.12. The van der Waals surface area contributed by atoms with Gasteiger partial charge >= 0.3 is 0 Å². The number of benzene rings is 1. The van der Waals surface area contributed by atoms with E-state index in [1.807, 2.05) is 50.2 Å². The van der Waals surface area contributed by atoms with Gasteiger partial charge in [-0.3, -0.25) is 4.98 Å². The van der Waals surface area contributed by atoms with Crippen molar-refractivity contribution >= 4 is 0 Å². The summed E-state index contributed by atoms with van der Waals surface area (Å²) < 4.78 is 25.2. The zero-order valence-electron chi connectivity index (χ0n) is 20.3. The van der Waals surface area contributed by atoms with E-state index >= 15 is 0 Å². The molecule has 0 aliphatic heterocycles. The summed E-state index contributed by atoms with van der Waals surface area (Å²) >= 11 is 0. The molecule has 2 rings (SSSR count). The highest BCUT2D eigenvalue weighted by atomic mass is 19.1. The monoisotopic (exact) mass is 443 g/mol. The van der Waals surface area contributed by atoms with E-state index in [1.165, 1.54) is 51.4 Å². The molecular weight excluding hydrogens is 401 g/mol. The maximum Gasteiger partial charge on any atom is 0.137 e. The van der Waals surface area contributed by atoms with Crippen molar-refractivity contribution in [1.82, 2.24) is 4.98 Å². The third-order valence-electron chi connectivity index (χ3n) is 5.56. The van der Waals surface area contributed by atoms with E-state index in [-0.39, 0.29) is 6.61 Å². The molecule has 1 atom stereocenters. The van der Waals surface area contributed by atoms with Gasteiger partial charge in [-0.05, 0) is 55.2 Å². The summed E-state index contributed by atoms with van der Waals surface area (Å²) in [4.78, 5) is 4.46. The van der Waals surface area contributed by atoms with E-state index < -0.39 is 6.17 Å². The van der Waals surface area contributed by atoms with Crippen LogP contribution >= 0.6 is 0 Å². The van der Waals surface area contributed by atoms with Crippen LogP contribution in [0, 0.1) is 5.92 Å². The Morgan fingerprint density at radius 1 is 0.781 bits per heavy atom. The Bertz CT molecular complexity index is 715. The van der Waals surface area contributed by atoms with Crippen molar-refractivity contribution in [2.45, 2.75) is 91.2 Å². The lowest BCUT2D eigenvalue weighted by molar-refractivity contribution is 0.173. The van der Waals surface area contributed by atoms with Crippen LogP contribution in [-0.4, -0.2) is 24.4 Å². The van der Waals surface area contributed by atoms with Gasteiger partial charge in [0.25, 0.3) is 0 Å². The van der Waals surface area contributed by atoms with E-state index in [4.69, 9.17) is 9.47 Å². The smallest absolute Gasteiger partial charge is 0.137 e. The molecule has 0 spiro atoms. The number of rotatable bonds is 17. The molecule has 0 radical (unpaired) electrons. The minimum absolute atomic E-state index is 0.0736. The van der Waals surface area contributed by atoms with Crippen molar-refractivity contribution in [2.75, 3.05) is 13.2 Å². The van der Waals surface area contributed by atoms with Crippen LogP contribution in [0.3, 0.4) is 0 Å².